The first-order valence-corrected chi connectivity index (χ1v) is 7.87. The molecule has 1 heterocycles. The second kappa shape index (κ2) is 5.90. The van der Waals surface area contributed by atoms with E-state index in [0.29, 0.717) is 12.3 Å². The van der Waals surface area contributed by atoms with Crippen molar-refractivity contribution in [3.8, 4) is 0 Å². The van der Waals surface area contributed by atoms with Gasteiger partial charge < -0.3 is 4.90 Å². The van der Waals surface area contributed by atoms with Crippen LogP contribution in [0, 0.1) is 0 Å². The Hall–Kier alpha value is -1.45. The van der Waals surface area contributed by atoms with Crippen LogP contribution in [0.2, 0.25) is 5.02 Å². The van der Waals surface area contributed by atoms with E-state index in [4.69, 9.17) is 11.6 Å². The Morgan fingerprint density at radius 2 is 1.80 bits per heavy atom. The third-order valence-electron chi connectivity index (χ3n) is 3.32. The van der Waals surface area contributed by atoms with Crippen molar-refractivity contribution in [1.29, 1.82) is 0 Å². The van der Waals surface area contributed by atoms with Crippen molar-refractivity contribution in [3.63, 3.8) is 0 Å². The average molecular weight is 304 g/mol. The van der Waals surface area contributed by atoms with Crippen LogP contribution in [0.15, 0.2) is 54.6 Å². The van der Waals surface area contributed by atoms with E-state index in [1.165, 1.54) is 0 Å². The molecular weight excluding hydrogens is 290 g/mol. The lowest BCUT2D eigenvalue weighted by Gasteiger charge is -2.24. The van der Waals surface area contributed by atoms with Crippen molar-refractivity contribution in [1.82, 2.24) is 4.90 Å². The molecule has 0 spiro atoms. The van der Waals surface area contributed by atoms with Gasteiger partial charge in [-0.2, -0.15) is 0 Å². The summed E-state index contributed by atoms with van der Waals surface area (Å²) >= 11 is 7.60. The first-order valence-electron chi connectivity index (χ1n) is 6.44. The molecule has 2 nitrogen and oxygen atoms in total. The van der Waals surface area contributed by atoms with Gasteiger partial charge >= 0.3 is 0 Å². The predicted octanol–water partition coefficient (Wildman–Crippen LogP) is 4.11. The Morgan fingerprint density at radius 3 is 2.50 bits per heavy atom. The van der Waals surface area contributed by atoms with Crippen LogP contribution in [0.25, 0.3) is 0 Å². The van der Waals surface area contributed by atoms with E-state index in [1.54, 1.807) is 11.8 Å². The van der Waals surface area contributed by atoms with Gasteiger partial charge in [0, 0.05) is 11.6 Å². The molecule has 3 rings (SSSR count). The van der Waals surface area contributed by atoms with Gasteiger partial charge in [0.2, 0.25) is 5.91 Å². The van der Waals surface area contributed by atoms with Crippen molar-refractivity contribution in [3.05, 3.63) is 70.7 Å². The third-order valence-corrected chi connectivity index (χ3v) is 4.83. The summed E-state index contributed by atoms with van der Waals surface area (Å²) in [7, 11) is 0. The highest BCUT2D eigenvalue weighted by molar-refractivity contribution is 8.00. The van der Waals surface area contributed by atoms with Gasteiger partial charge in [-0.1, -0.05) is 54.1 Å². The SMILES string of the molecule is O=C1CS[C@H](c2ccc(Cl)cc2)N1Cc1ccccc1. The Bertz CT molecular complexity index is 600. The number of hydrogen-bond donors (Lipinski definition) is 0. The highest BCUT2D eigenvalue weighted by Gasteiger charge is 2.32. The number of benzene rings is 2. The van der Waals surface area contributed by atoms with E-state index >= 15 is 0 Å². The molecule has 1 fully saturated rings. The molecule has 1 aliphatic rings. The van der Waals surface area contributed by atoms with Gasteiger partial charge in [0.05, 0.1) is 5.75 Å². The zero-order valence-electron chi connectivity index (χ0n) is 10.8. The van der Waals surface area contributed by atoms with Gasteiger partial charge in [0.1, 0.15) is 5.37 Å². The minimum absolute atomic E-state index is 0.0833. The van der Waals surface area contributed by atoms with Crippen LogP contribution < -0.4 is 0 Å². The minimum Gasteiger partial charge on any atom is -0.322 e. The number of hydrogen-bond acceptors (Lipinski definition) is 2. The second-order valence-electron chi connectivity index (χ2n) is 4.72. The monoisotopic (exact) mass is 303 g/mol. The molecule has 2 aromatic rings. The maximum Gasteiger partial charge on any atom is 0.234 e. The summed E-state index contributed by atoms with van der Waals surface area (Å²) < 4.78 is 0. The van der Waals surface area contributed by atoms with E-state index < -0.39 is 0 Å². The Morgan fingerprint density at radius 1 is 1.10 bits per heavy atom. The fraction of sp³-hybridized carbons (Fsp3) is 0.188. The molecule has 0 saturated carbocycles. The highest BCUT2D eigenvalue weighted by Crippen LogP contribution is 2.39. The van der Waals surface area contributed by atoms with Crippen LogP contribution in [0.4, 0.5) is 0 Å². The molecule has 0 radical (unpaired) electrons. The van der Waals surface area contributed by atoms with E-state index in [0.717, 1.165) is 16.1 Å². The van der Waals surface area contributed by atoms with E-state index in [1.807, 2.05) is 47.4 Å². The zero-order valence-corrected chi connectivity index (χ0v) is 12.4. The third kappa shape index (κ3) is 2.84. The van der Waals surface area contributed by atoms with Crippen LogP contribution >= 0.6 is 23.4 Å². The summed E-state index contributed by atoms with van der Waals surface area (Å²) in [5.41, 5.74) is 2.28. The van der Waals surface area contributed by atoms with E-state index in [9.17, 15) is 4.79 Å². The fourth-order valence-electron chi connectivity index (χ4n) is 2.31. The van der Waals surface area contributed by atoms with Crippen molar-refractivity contribution >= 4 is 29.3 Å². The summed E-state index contributed by atoms with van der Waals surface area (Å²) in [5.74, 6) is 0.735. The molecule has 0 bridgehead atoms. The summed E-state index contributed by atoms with van der Waals surface area (Å²) in [4.78, 5) is 14.0. The summed E-state index contributed by atoms with van der Waals surface area (Å²) in [6.45, 7) is 0.653. The first-order chi connectivity index (χ1) is 9.74. The topological polar surface area (TPSA) is 20.3 Å². The molecule has 1 saturated heterocycles. The number of nitrogens with zero attached hydrogens (tertiary/aromatic N) is 1. The van der Waals surface area contributed by atoms with Gasteiger partial charge in [0.25, 0.3) is 0 Å². The van der Waals surface area contributed by atoms with Gasteiger partial charge in [-0.15, -0.1) is 11.8 Å². The Kier molecular flexibility index (Phi) is 3.99. The molecule has 1 amide bonds. The molecule has 0 aliphatic carbocycles. The van der Waals surface area contributed by atoms with Crippen molar-refractivity contribution in [2.75, 3.05) is 5.75 Å². The average Bonchev–Trinajstić information content (AvgIpc) is 2.83. The number of halogens is 1. The normalized spacial score (nSPS) is 18.6. The van der Waals surface area contributed by atoms with Gasteiger partial charge in [-0.3, -0.25) is 4.79 Å². The van der Waals surface area contributed by atoms with Gasteiger partial charge in [-0.25, -0.2) is 0 Å². The number of carbonyl (C=O) groups excluding carboxylic acids is 1. The molecular formula is C16H14ClNOS. The van der Waals surface area contributed by atoms with Gasteiger partial charge in [-0.05, 0) is 23.3 Å². The van der Waals surface area contributed by atoms with Gasteiger partial charge in [0.15, 0.2) is 0 Å². The number of carbonyl (C=O) groups is 1. The summed E-state index contributed by atoms with van der Waals surface area (Å²) in [6.07, 6.45) is 0. The maximum absolute atomic E-state index is 12.1. The quantitative estimate of drug-likeness (QED) is 0.850. The molecule has 0 unspecified atom stereocenters. The van der Waals surface area contributed by atoms with Crippen molar-refractivity contribution in [2.24, 2.45) is 0 Å². The van der Waals surface area contributed by atoms with Crippen LogP contribution in [0.3, 0.4) is 0 Å². The standard InChI is InChI=1S/C16H14ClNOS/c17-14-8-6-13(7-9-14)16-18(15(19)11-20-16)10-12-4-2-1-3-5-12/h1-9,16H,10-11H2/t16-/m1/s1. The molecule has 0 N–H and O–H groups in total. The molecule has 2 aromatic carbocycles. The predicted molar refractivity (Wildman–Crippen MR) is 83.6 cm³/mol. The van der Waals surface area contributed by atoms with Crippen LogP contribution in [-0.4, -0.2) is 16.6 Å². The van der Waals surface area contributed by atoms with E-state index in [2.05, 4.69) is 12.1 Å². The fourth-order valence-corrected chi connectivity index (χ4v) is 3.62. The molecule has 0 aromatic heterocycles. The smallest absolute Gasteiger partial charge is 0.234 e. The lowest BCUT2D eigenvalue weighted by atomic mass is 10.1. The summed E-state index contributed by atoms with van der Waals surface area (Å²) in [5, 5.41) is 0.803. The molecule has 4 heteroatoms. The minimum atomic E-state index is 0.0833. The molecule has 1 atom stereocenters. The van der Waals surface area contributed by atoms with Crippen LogP contribution in [-0.2, 0) is 11.3 Å². The number of amides is 1. The lowest BCUT2D eigenvalue weighted by Crippen LogP contribution is -2.27. The highest BCUT2D eigenvalue weighted by atomic mass is 35.5. The molecule has 20 heavy (non-hydrogen) atoms. The first kappa shape index (κ1) is 13.5. The largest absolute Gasteiger partial charge is 0.322 e. The van der Waals surface area contributed by atoms with Crippen molar-refractivity contribution < 1.29 is 4.79 Å². The Labute approximate surface area is 127 Å². The second-order valence-corrected chi connectivity index (χ2v) is 6.23. The van der Waals surface area contributed by atoms with Crippen LogP contribution in [0.1, 0.15) is 16.5 Å². The van der Waals surface area contributed by atoms with Crippen LogP contribution in [0.5, 0.6) is 0 Å². The molecule has 102 valence electrons. The lowest BCUT2D eigenvalue weighted by molar-refractivity contribution is -0.128. The number of thioether (sulfide) groups is 1. The zero-order chi connectivity index (χ0) is 13.9. The van der Waals surface area contributed by atoms with Crippen molar-refractivity contribution in [2.45, 2.75) is 11.9 Å². The van der Waals surface area contributed by atoms with E-state index in [-0.39, 0.29) is 11.3 Å². The molecule has 1 aliphatic heterocycles. The maximum atomic E-state index is 12.1. The number of rotatable bonds is 3. The Balaban J connectivity index is 1.83. The summed E-state index contributed by atoms with van der Waals surface area (Å²) in [6, 6.07) is 17.8.